The summed E-state index contributed by atoms with van der Waals surface area (Å²) in [4.78, 5) is 25.7. The highest BCUT2D eigenvalue weighted by Crippen LogP contribution is 2.38. The number of aliphatic hydroxyl groups excluding tert-OH is 1. The molecule has 0 fully saturated rings. The molecule has 0 aliphatic rings. The fourth-order valence-corrected chi connectivity index (χ4v) is 13.3. The zero-order chi connectivity index (χ0) is 64.1. The van der Waals surface area contributed by atoms with Gasteiger partial charge in [-0.15, -0.1) is 0 Å². The van der Waals surface area contributed by atoms with Crippen LogP contribution in [0.3, 0.4) is 0 Å². The fourth-order valence-electron chi connectivity index (χ4n) is 12.6. The number of aliphatic hydroxyl groups is 1. The smallest absolute Gasteiger partial charge is 0.268 e. The third-order valence-electron chi connectivity index (χ3n) is 18.7. The van der Waals surface area contributed by atoms with Crippen LogP contribution in [0.2, 0.25) is 0 Å². The van der Waals surface area contributed by atoms with E-state index in [-0.39, 0.29) is 19.1 Å². The van der Waals surface area contributed by atoms with Gasteiger partial charge >= 0.3 is 0 Å². The average molecular weight is 1260 g/mol. The van der Waals surface area contributed by atoms with Crippen molar-refractivity contribution in [2.45, 2.75) is 437 Å². The van der Waals surface area contributed by atoms with Crippen molar-refractivity contribution in [3.63, 3.8) is 0 Å². The first-order valence-corrected chi connectivity index (χ1v) is 41.1. The van der Waals surface area contributed by atoms with Gasteiger partial charge in [0, 0.05) is 6.42 Å². The number of carbonyl (C=O) groups is 1. The van der Waals surface area contributed by atoms with Crippen molar-refractivity contribution in [1.82, 2.24) is 5.32 Å². The number of unbranched alkanes of at least 4 members (excludes halogenated alkanes) is 58. The standard InChI is InChI=1S/C79H157N2O6P/c1-6-8-10-12-14-16-18-20-22-24-26-28-30-32-33-34-35-36-37-38-39-40-41-42-43-44-45-46-47-49-51-53-55-57-59-61-63-65-67-69-71-73-79(83)80-77(76-87-88(84,85)86-75-74-81(3,4)5)78(82)72-70-68-66-64-62-60-58-56-54-52-50-48-31-29-27-25-23-21-19-17-15-13-11-9-7-2/h18,20,24,26,77-78,82H,6-17,19,21-23,25,27-76H2,1-5H3,(H-,80,83,84,85)/b20-18-,26-24-. The van der Waals surface area contributed by atoms with Crippen molar-refractivity contribution in [3.8, 4) is 0 Å². The summed E-state index contributed by atoms with van der Waals surface area (Å²) in [6, 6.07) is -0.799. The van der Waals surface area contributed by atoms with Gasteiger partial charge in [-0.1, -0.05) is 398 Å². The number of hydrogen-bond acceptors (Lipinski definition) is 6. The van der Waals surface area contributed by atoms with Crippen LogP contribution in [0.4, 0.5) is 0 Å². The fraction of sp³-hybridized carbons (Fsp3) is 0.937. The maximum absolute atomic E-state index is 13.1. The van der Waals surface area contributed by atoms with E-state index in [4.69, 9.17) is 9.05 Å². The first-order chi connectivity index (χ1) is 43.0. The summed E-state index contributed by atoms with van der Waals surface area (Å²) in [7, 11) is 1.33. The Hall–Kier alpha value is -1.02. The lowest BCUT2D eigenvalue weighted by Crippen LogP contribution is -2.46. The molecule has 0 heterocycles. The Morgan fingerprint density at radius 3 is 0.943 bits per heavy atom. The zero-order valence-corrected chi connectivity index (χ0v) is 61.1. The summed E-state index contributed by atoms with van der Waals surface area (Å²) < 4.78 is 23.6. The molecule has 3 atom stereocenters. The highest BCUT2D eigenvalue weighted by atomic mass is 31.2. The molecule has 0 bridgehead atoms. The van der Waals surface area contributed by atoms with Gasteiger partial charge in [-0.05, 0) is 44.9 Å². The molecule has 0 aromatic heterocycles. The van der Waals surface area contributed by atoms with Crippen LogP contribution in [0.25, 0.3) is 0 Å². The number of nitrogens with zero attached hydrogens (tertiary/aromatic N) is 1. The van der Waals surface area contributed by atoms with Gasteiger partial charge in [0.25, 0.3) is 7.82 Å². The maximum Gasteiger partial charge on any atom is 0.268 e. The maximum atomic E-state index is 13.1. The Balaban J connectivity index is 3.86. The molecular weight excluding hydrogens is 1100 g/mol. The van der Waals surface area contributed by atoms with E-state index in [2.05, 4.69) is 43.5 Å². The summed E-state index contributed by atoms with van der Waals surface area (Å²) in [6.07, 6.45) is 93.0. The molecule has 0 saturated heterocycles. The third kappa shape index (κ3) is 72.4. The molecule has 88 heavy (non-hydrogen) atoms. The first-order valence-electron chi connectivity index (χ1n) is 39.7. The summed E-state index contributed by atoms with van der Waals surface area (Å²) in [6.45, 7) is 4.78. The molecule has 9 heteroatoms. The number of likely N-dealkylation sites (N-methyl/N-ethyl adjacent to an activating group) is 1. The predicted octanol–water partition coefficient (Wildman–Crippen LogP) is 25.2. The molecule has 8 nitrogen and oxygen atoms in total. The van der Waals surface area contributed by atoms with E-state index in [9.17, 15) is 19.4 Å². The lowest BCUT2D eigenvalue weighted by Gasteiger charge is -2.30. The second kappa shape index (κ2) is 70.3. The van der Waals surface area contributed by atoms with Gasteiger partial charge in [0.05, 0.1) is 39.9 Å². The van der Waals surface area contributed by atoms with Crippen LogP contribution < -0.4 is 10.2 Å². The number of carbonyl (C=O) groups excluding carboxylic acids is 1. The second-order valence-corrected chi connectivity index (χ2v) is 30.2. The highest BCUT2D eigenvalue weighted by Gasteiger charge is 2.24. The topological polar surface area (TPSA) is 108 Å². The molecule has 524 valence electrons. The number of phosphoric acid groups is 1. The van der Waals surface area contributed by atoms with Gasteiger partial charge in [-0.3, -0.25) is 9.36 Å². The number of phosphoric ester groups is 1. The predicted molar refractivity (Wildman–Crippen MR) is 385 cm³/mol. The van der Waals surface area contributed by atoms with Gasteiger partial charge in [-0.25, -0.2) is 0 Å². The minimum atomic E-state index is -4.58. The SMILES string of the molecule is CCCCCCC/C=C\C/C=C\CCCCCCCCCCCCCCCCCCCCCCCCCCCCCCCC(=O)NC(COP(=O)([O-])OCC[N+](C)(C)C)C(O)CCCCCCCCCCCCCCCCCCCCCCCCCCC. The van der Waals surface area contributed by atoms with Crippen molar-refractivity contribution >= 4 is 13.7 Å². The van der Waals surface area contributed by atoms with Crippen LogP contribution in [0.5, 0.6) is 0 Å². The van der Waals surface area contributed by atoms with Crippen molar-refractivity contribution in [1.29, 1.82) is 0 Å². The molecule has 0 aromatic rings. The number of amides is 1. The van der Waals surface area contributed by atoms with Gasteiger partial charge in [0.1, 0.15) is 13.2 Å². The Kier molecular flexibility index (Phi) is 69.5. The molecule has 0 aliphatic heterocycles. The largest absolute Gasteiger partial charge is 0.756 e. The Morgan fingerprint density at radius 1 is 0.398 bits per heavy atom. The molecule has 0 aliphatic carbocycles. The summed E-state index contributed by atoms with van der Waals surface area (Å²) in [5, 5.41) is 14.1. The Bertz CT molecular complexity index is 1480. The third-order valence-corrected chi connectivity index (χ3v) is 19.7. The Labute approximate surface area is 551 Å². The molecule has 2 N–H and O–H groups in total. The number of hydrogen-bond donors (Lipinski definition) is 2. The van der Waals surface area contributed by atoms with E-state index in [1.165, 1.54) is 353 Å². The van der Waals surface area contributed by atoms with E-state index in [0.29, 0.717) is 23.9 Å². The van der Waals surface area contributed by atoms with Gasteiger partial charge in [0.15, 0.2) is 0 Å². The van der Waals surface area contributed by atoms with Crippen LogP contribution in [0.15, 0.2) is 24.3 Å². The molecule has 0 spiro atoms. The number of nitrogens with one attached hydrogen (secondary N) is 1. The van der Waals surface area contributed by atoms with Crippen LogP contribution in [0.1, 0.15) is 425 Å². The van der Waals surface area contributed by atoms with Crippen LogP contribution in [0, 0.1) is 0 Å². The van der Waals surface area contributed by atoms with Gasteiger partial charge in [0.2, 0.25) is 5.91 Å². The molecule has 3 unspecified atom stereocenters. The average Bonchev–Trinajstić information content (AvgIpc) is 3.71. The zero-order valence-electron chi connectivity index (χ0n) is 60.2. The molecule has 0 saturated carbocycles. The second-order valence-electron chi connectivity index (χ2n) is 28.8. The lowest BCUT2D eigenvalue weighted by atomic mass is 10.0. The monoisotopic (exact) mass is 1260 g/mol. The molecule has 0 aromatic carbocycles. The summed E-state index contributed by atoms with van der Waals surface area (Å²) >= 11 is 0. The number of quaternary nitrogens is 1. The van der Waals surface area contributed by atoms with Crippen molar-refractivity contribution in [3.05, 3.63) is 24.3 Å². The van der Waals surface area contributed by atoms with E-state index in [0.717, 1.165) is 44.9 Å². The summed E-state index contributed by atoms with van der Waals surface area (Å²) in [5.41, 5.74) is 0. The normalized spacial score (nSPS) is 13.6. The van der Waals surface area contributed by atoms with Crippen molar-refractivity contribution in [2.24, 2.45) is 0 Å². The van der Waals surface area contributed by atoms with Crippen LogP contribution >= 0.6 is 7.82 Å². The van der Waals surface area contributed by atoms with E-state index >= 15 is 0 Å². The molecule has 1 amide bonds. The van der Waals surface area contributed by atoms with E-state index in [1.54, 1.807) is 0 Å². The quantitative estimate of drug-likeness (QED) is 0.0272. The van der Waals surface area contributed by atoms with Gasteiger partial charge < -0.3 is 28.8 Å². The summed E-state index contributed by atoms with van der Waals surface area (Å²) in [5.74, 6) is -0.154. The molecular formula is C79H157N2O6P. The van der Waals surface area contributed by atoms with Crippen LogP contribution in [-0.4, -0.2) is 68.5 Å². The molecule has 0 rings (SSSR count). The van der Waals surface area contributed by atoms with E-state index < -0.39 is 20.0 Å². The van der Waals surface area contributed by atoms with Crippen LogP contribution in [-0.2, 0) is 18.4 Å². The minimum absolute atomic E-state index is 0.0160. The van der Waals surface area contributed by atoms with E-state index in [1.807, 2.05) is 21.1 Å². The molecule has 0 radical (unpaired) electrons. The van der Waals surface area contributed by atoms with Crippen molar-refractivity contribution in [2.75, 3.05) is 40.9 Å². The number of rotatable bonds is 75. The van der Waals surface area contributed by atoms with Gasteiger partial charge in [-0.2, -0.15) is 0 Å². The Morgan fingerprint density at radius 2 is 0.659 bits per heavy atom. The highest BCUT2D eigenvalue weighted by molar-refractivity contribution is 7.45. The lowest BCUT2D eigenvalue weighted by molar-refractivity contribution is -0.870. The van der Waals surface area contributed by atoms with Crippen molar-refractivity contribution < 1.29 is 32.9 Å². The first kappa shape index (κ1) is 87.0. The number of allylic oxidation sites excluding steroid dienone is 4. The minimum Gasteiger partial charge on any atom is -0.756 e.